The molecule has 0 fully saturated rings. The van der Waals surface area contributed by atoms with E-state index in [0.29, 0.717) is 10.6 Å². The van der Waals surface area contributed by atoms with Gasteiger partial charge in [0.2, 0.25) is 5.91 Å². The average molecular weight is 369 g/mol. The molecular weight excluding hydrogens is 352 g/mol. The fourth-order valence-electron chi connectivity index (χ4n) is 3.12. The number of hydrogen-bond acceptors (Lipinski definition) is 4. The number of thioether (sulfide) groups is 1. The van der Waals surface area contributed by atoms with E-state index in [4.69, 9.17) is 0 Å². The van der Waals surface area contributed by atoms with Crippen molar-refractivity contribution in [3.8, 4) is 6.07 Å². The second kappa shape index (κ2) is 6.90. The predicted molar refractivity (Wildman–Crippen MR) is 99.9 cm³/mol. The first kappa shape index (κ1) is 16.2. The molecule has 7 heteroatoms. The van der Waals surface area contributed by atoms with Crippen molar-refractivity contribution in [1.29, 1.82) is 5.26 Å². The van der Waals surface area contributed by atoms with Crippen molar-refractivity contribution in [1.82, 2.24) is 4.98 Å². The summed E-state index contributed by atoms with van der Waals surface area (Å²) in [6.07, 6.45) is 4.25. The minimum atomic E-state index is -0.0906. The summed E-state index contributed by atoms with van der Waals surface area (Å²) in [5, 5.41) is 13.9. The smallest absolute Gasteiger partial charge is 0.315 e. The second-order valence-electron chi connectivity index (χ2n) is 5.99. The van der Waals surface area contributed by atoms with Crippen LogP contribution in [0, 0.1) is 11.3 Å². The molecule has 0 bridgehead atoms. The lowest BCUT2D eigenvalue weighted by Crippen LogP contribution is -2.15. The highest BCUT2D eigenvalue weighted by atomic mass is 32.2. The van der Waals surface area contributed by atoms with Crippen LogP contribution in [-0.4, -0.2) is 16.6 Å². The molecule has 0 aliphatic heterocycles. The first-order valence-corrected chi connectivity index (χ1v) is 10.0. The molecule has 0 saturated carbocycles. The Morgan fingerprint density at radius 3 is 3.04 bits per heavy atom. The monoisotopic (exact) mass is 369 g/mol. The van der Waals surface area contributed by atoms with E-state index in [9.17, 15) is 10.1 Å². The number of nitriles is 1. The van der Waals surface area contributed by atoms with E-state index in [0.717, 1.165) is 47.4 Å². The van der Waals surface area contributed by atoms with Crippen molar-refractivity contribution in [2.75, 3.05) is 11.1 Å². The number of anilines is 1. The molecule has 1 aliphatic rings. The molecule has 1 aliphatic carbocycles. The minimum Gasteiger partial charge on any atom is -0.316 e. The molecule has 0 radical (unpaired) electrons. The third kappa shape index (κ3) is 3.28. The topological polar surface area (TPSA) is 82.8 Å². The molecule has 2 aromatic heterocycles. The highest BCUT2D eigenvalue weighted by molar-refractivity contribution is 7.99. The standard InChI is InChI=1S/C18H16N4OS2/c19-9-12-11-5-1-4-8-15(11)25-17(12)22-16(23)10-24-18-20-13-6-2-3-7-14(13)21-18/h2-3,6-7H,1,4-5,8,10H2,(H,20,21)(H,22,23)/p+1. The molecule has 4 rings (SSSR count). The molecule has 25 heavy (non-hydrogen) atoms. The average Bonchev–Trinajstić information content (AvgIpc) is 3.20. The zero-order chi connectivity index (χ0) is 17.2. The number of nitrogens with one attached hydrogen (secondary N) is 3. The normalized spacial score (nSPS) is 13.4. The number of H-pyrrole nitrogens is 2. The van der Waals surface area contributed by atoms with Crippen molar-refractivity contribution >= 4 is 45.0 Å². The number of thiophene rings is 1. The van der Waals surface area contributed by atoms with Crippen LogP contribution in [0.5, 0.6) is 0 Å². The van der Waals surface area contributed by atoms with Crippen molar-refractivity contribution in [2.45, 2.75) is 30.8 Å². The molecule has 2 heterocycles. The van der Waals surface area contributed by atoms with Crippen LogP contribution in [0.3, 0.4) is 0 Å². The molecule has 3 N–H and O–H groups in total. The highest BCUT2D eigenvalue weighted by Gasteiger charge is 2.22. The van der Waals surface area contributed by atoms with Crippen LogP contribution >= 0.6 is 23.1 Å². The molecule has 1 amide bonds. The molecule has 0 saturated heterocycles. The van der Waals surface area contributed by atoms with Crippen molar-refractivity contribution in [2.24, 2.45) is 0 Å². The summed E-state index contributed by atoms with van der Waals surface area (Å²) in [5.74, 6) is 0.198. The third-order valence-corrected chi connectivity index (χ3v) is 6.41. The zero-order valence-electron chi connectivity index (χ0n) is 13.5. The molecular formula is C18H17N4OS2+. The number of carbonyl (C=O) groups is 1. The Bertz CT molecular complexity index is 950. The fourth-order valence-corrected chi connectivity index (χ4v) is 5.09. The van der Waals surface area contributed by atoms with E-state index in [-0.39, 0.29) is 11.7 Å². The largest absolute Gasteiger partial charge is 0.316 e. The van der Waals surface area contributed by atoms with E-state index < -0.39 is 0 Å². The highest BCUT2D eigenvalue weighted by Crippen LogP contribution is 2.37. The Morgan fingerprint density at radius 1 is 1.36 bits per heavy atom. The summed E-state index contributed by atoms with van der Waals surface area (Å²) in [6, 6.07) is 10.2. The number of aromatic amines is 2. The van der Waals surface area contributed by atoms with Gasteiger partial charge < -0.3 is 5.32 Å². The van der Waals surface area contributed by atoms with E-state index in [1.54, 1.807) is 11.3 Å². The van der Waals surface area contributed by atoms with Crippen molar-refractivity contribution < 1.29 is 9.78 Å². The maximum Gasteiger partial charge on any atom is 0.315 e. The van der Waals surface area contributed by atoms with Crippen LogP contribution in [-0.2, 0) is 17.6 Å². The van der Waals surface area contributed by atoms with E-state index in [1.165, 1.54) is 16.6 Å². The van der Waals surface area contributed by atoms with Crippen LogP contribution in [0.1, 0.15) is 28.8 Å². The summed E-state index contributed by atoms with van der Waals surface area (Å²) in [4.78, 5) is 20.1. The number of aryl methyl sites for hydroxylation is 1. The number of nitrogens with zero attached hydrogens (tertiary/aromatic N) is 1. The lowest BCUT2D eigenvalue weighted by molar-refractivity contribution is -0.396. The van der Waals surface area contributed by atoms with Gasteiger partial charge >= 0.3 is 5.16 Å². The summed E-state index contributed by atoms with van der Waals surface area (Å²) >= 11 is 2.98. The fraction of sp³-hybridized carbons (Fsp3) is 0.278. The number of hydrogen-bond donors (Lipinski definition) is 2. The first-order chi connectivity index (χ1) is 12.2. The van der Waals surface area contributed by atoms with Gasteiger partial charge in [-0.3, -0.25) is 4.79 Å². The van der Waals surface area contributed by atoms with Gasteiger partial charge in [0.05, 0.1) is 11.3 Å². The summed E-state index contributed by atoms with van der Waals surface area (Å²) in [6.45, 7) is 0. The van der Waals surface area contributed by atoms with Crippen LogP contribution < -0.4 is 10.3 Å². The molecule has 5 nitrogen and oxygen atoms in total. The van der Waals surface area contributed by atoms with E-state index in [2.05, 4.69) is 21.4 Å². The summed E-state index contributed by atoms with van der Waals surface area (Å²) in [5.41, 5.74) is 3.84. The first-order valence-electron chi connectivity index (χ1n) is 8.22. The maximum absolute atomic E-state index is 12.3. The van der Waals surface area contributed by atoms with Gasteiger partial charge in [-0.25, -0.2) is 9.97 Å². The van der Waals surface area contributed by atoms with Gasteiger partial charge in [-0.2, -0.15) is 5.26 Å². The number of aromatic nitrogens is 2. The minimum absolute atomic E-state index is 0.0906. The van der Waals surface area contributed by atoms with Crippen LogP contribution in [0.25, 0.3) is 11.0 Å². The Kier molecular flexibility index (Phi) is 4.47. The number of imidazole rings is 1. The number of fused-ring (bicyclic) bond motifs is 2. The molecule has 0 atom stereocenters. The Hall–Kier alpha value is -2.30. The number of benzene rings is 1. The zero-order valence-corrected chi connectivity index (χ0v) is 15.1. The van der Waals surface area contributed by atoms with Crippen LogP contribution in [0.2, 0.25) is 0 Å². The van der Waals surface area contributed by atoms with Gasteiger partial charge in [0.25, 0.3) is 0 Å². The number of para-hydroxylation sites is 2. The Labute approximate surface area is 153 Å². The third-order valence-electron chi connectivity index (χ3n) is 4.31. The van der Waals surface area contributed by atoms with Gasteiger partial charge in [-0.05, 0) is 55.1 Å². The number of amides is 1. The number of carbonyl (C=O) groups excluding carboxylic acids is 1. The van der Waals surface area contributed by atoms with Crippen molar-refractivity contribution in [3.63, 3.8) is 0 Å². The van der Waals surface area contributed by atoms with E-state index in [1.807, 2.05) is 24.3 Å². The van der Waals surface area contributed by atoms with Gasteiger partial charge in [-0.15, -0.1) is 11.3 Å². The summed E-state index contributed by atoms with van der Waals surface area (Å²) < 4.78 is 0. The van der Waals surface area contributed by atoms with Gasteiger partial charge in [-0.1, -0.05) is 12.1 Å². The second-order valence-corrected chi connectivity index (χ2v) is 8.08. The summed E-state index contributed by atoms with van der Waals surface area (Å²) in [7, 11) is 0. The quantitative estimate of drug-likeness (QED) is 0.690. The van der Waals surface area contributed by atoms with E-state index >= 15 is 0 Å². The van der Waals surface area contributed by atoms with Gasteiger partial charge in [0, 0.05) is 4.88 Å². The van der Waals surface area contributed by atoms with Gasteiger partial charge in [0.1, 0.15) is 11.1 Å². The van der Waals surface area contributed by atoms with Crippen LogP contribution in [0.15, 0.2) is 29.4 Å². The number of rotatable bonds is 4. The SMILES string of the molecule is N#Cc1c(NC(=O)CSc2[nH]c3ccccc3[nH+]2)sc2c1CCCC2. The van der Waals surface area contributed by atoms with Crippen molar-refractivity contribution in [3.05, 3.63) is 40.3 Å². The lowest BCUT2D eigenvalue weighted by Gasteiger charge is -2.09. The molecule has 0 spiro atoms. The van der Waals surface area contributed by atoms with Gasteiger partial charge in [0.15, 0.2) is 11.0 Å². The maximum atomic E-state index is 12.3. The predicted octanol–water partition coefficient (Wildman–Crippen LogP) is 3.52. The molecule has 126 valence electrons. The molecule has 0 unspecified atom stereocenters. The molecule has 3 aromatic rings. The Morgan fingerprint density at radius 2 is 2.20 bits per heavy atom. The van der Waals surface area contributed by atoms with Crippen LogP contribution in [0.4, 0.5) is 5.00 Å². The molecule has 1 aromatic carbocycles. The lowest BCUT2D eigenvalue weighted by atomic mass is 9.96. The Balaban J connectivity index is 1.44.